The van der Waals surface area contributed by atoms with Gasteiger partial charge in [-0.15, -0.1) is 0 Å². The fourth-order valence-electron chi connectivity index (χ4n) is 3.48. The molecule has 0 unspecified atom stereocenters. The van der Waals surface area contributed by atoms with Crippen molar-refractivity contribution in [2.45, 2.75) is 50.4 Å². The van der Waals surface area contributed by atoms with Crippen LogP contribution in [0.2, 0.25) is 0 Å². The average molecular weight is 345 g/mol. The normalized spacial score (nSPS) is 22.3. The summed E-state index contributed by atoms with van der Waals surface area (Å²) in [7, 11) is 0. The lowest BCUT2D eigenvalue weighted by molar-refractivity contribution is -0.141. The van der Waals surface area contributed by atoms with Crippen LogP contribution in [0.4, 0.5) is 13.2 Å². The van der Waals surface area contributed by atoms with Gasteiger partial charge in [-0.25, -0.2) is 4.98 Å². The highest BCUT2D eigenvalue weighted by atomic mass is 19.4. The predicted molar refractivity (Wildman–Crippen MR) is 81.5 cm³/mol. The number of hydrogen-bond acceptors (Lipinski definition) is 4. The number of hydrogen-bond donors (Lipinski definition) is 1. The van der Waals surface area contributed by atoms with Crippen molar-refractivity contribution in [1.82, 2.24) is 14.5 Å². The van der Waals surface area contributed by atoms with Crippen molar-refractivity contribution in [3.63, 3.8) is 0 Å². The molecule has 0 bridgehead atoms. The zero-order chi connectivity index (χ0) is 17.4. The van der Waals surface area contributed by atoms with Gasteiger partial charge in [0, 0.05) is 19.2 Å². The maximum absolute atomic E-state index is 12.5. The van der Waals surface area contributed by atoms with Crippen molar-refractivity contribution in [2.75, 3.05) is 19.6 Å². The summed E-state index contributed by atoms with van der Waals surface area (Å²) in [5.74, 6) is 0.244. The number of alkyl halides is 3. The van der Waals surface area contributed by atoms with E-state index < -0.39 is 23.0 Å². The van der Waals surface area contributed by atoms with Crippen molar-refractivity contribution in [2.24, 2.45) is 5.92 Å². The third-order valence-electron chi connectivity index (χ3n) is 5.13. The lowest BCUT2D eigenvalue weighted by Crippen LogP contribution is -2.50. The molecule has 2 aliphatic rings. The van der Waals surface area contributed by atoms with Crippen LogP contribution in [-0.2, 0) is 12.7 Å². The number of rotatable bonds is 4. The van der Waals surface area contributed by atoms with Crippen molar-refractivity contribution in [3.8, 4) is 0 Å². The molecule has 0 radical (unpaired) electrons. The highest BCUT2D eigenvalue weighted by Crippen LogP contribution is 2.33. The van der Waals surface area contributed by atoms with Gasteiger partial charge in [0.05, 0.1) is 11.9 Å². The van der Waals surface area contributed by atoms with E-state index in [1.807, 2.05) is 0 Å². The fraction of sp³-hybridized carbons (Fsp3) is 0.750. The molecule has 134 valence electrons. The first-order valence-electron chi connectivity index (χ1n) is 8.34. The first-order chi connectivity index (χ1) is 11.3. The van der Waals surface area contributed by atoms with Crippen LogP contribution in [-0.4, -0.2) is 44.8 Å². The average Bonchev–Trinajstić information content (AvgIpc) is 2.48. The molecule has 1 saturated heterocycles. The van der Waals surface area contributed by atoms with Gasteiger partial charge in [0.15, 0.2) is 5.69 Å². The molecule has 0 amide bonds. The standard InChI is InChI=1S/C16H22F3N3O2/c17-16(18,19)13-8-14(23)22(11-20-13)9-12-2-6-21(7-3-12)10-15(24)4-1-5-15/h8,11-12,24H,1-7,9-10H2. The van der Waals surface area contributed by atoms with Crippen molar-refractivity contribution in [1.29, 1.82) is 0 Å². The summed E-state index contributed by atoms with van der Waals surface area (Å²) in [5, 5.41) is 10.2. The zero-order valence-electron chi connectivity index (χ0n) is 13.4. The molecule has 1 aliphatic carbocycles. The van der Waals surface area contributed by atoms with Gasteiger partial charge in [-0.05, 0) is 51.1 Å². The van der Waals surface area contributed by atoms with Gasteiger partial charge in [0.2, 0.25) is 0 Å². The summed E-state index contributed by atoms with van der Waals surface area (Å²) in [6.45, 7) is 2.77. The molecule has 1 aromatic rings. The molecule has 0 aromatic carbocycles. The number of aromatic nitrogens is 2. The molecule has 5 nitrogen and oxygen atoms in total. The number of aliphatic hydroxyl groups is 1. The Morgan fingerprint density at radius 2 is 1.96 bits per heavy atom. The molecular weight excluding hydrogens is 323 g/mol. The third-order valence-corrected chi connectivity index (χ3v) is 5.13. The Hall–Kier alpha value is -1.41. The highest BCUT2D eigenvalue weighted by molar-refractivity contribution is 5.03. The van der Waals surface area contributed by atoms with Gasteiger partial charge < -0.3 is 10.0 Å². The van der Waals surface area contributed by atoms with E-state index in [1.165, 1.54) is 4.57 Å². The van der Waals surface area contributed by atoms with Crippen LogP contribution in [0.5, 0.6) is 0 Å². The molecule has 1 N–H and O–H groups in total. The van der Waals surface area contributed by atoms with Gasteiger partial charge in [-0.2, -0.15) is 13.2 Å². The molecule has 1 aromatic heterocycles. The number of piperidine rings is 1. The lowest BCUT2D eigenvalue weighted by atomic mass is 9.79. The van der Waals surface area contributed by atoms with Gasteiger partial charge in [-0.1, -0.05) is 0 Å². The maximum Gasteiger partial charge on any atom is 0.433 e. The van der Waals surface area contributed by atoms with Crippen molar-refractivity contribution < 1.29 is 18.3 Å². The largest absolute Gasteiger partial charge is 0.433 e. The molecule has 8 heteroatoms. The Balaban J connectivity index is 1.53. The molecular formula is C16H22F3N3O2. The first-order valence-corrected chi connectivity index (χ1v) is 8.34. The van der Waals surface area contributed by atoms with Crippen LogP contribution in [0.15, 0.2) is 17.2 Å². The summed E-state index contributed by atoms with van der Waals surface area (Å²) >= 11 is 0. The minimum atomic E-state index is -4.59. The quantitative estimate of drug-likeness (QED) is 0.905. The van der Waals surface area contributed by atoms with E-state index in [-0.39, 0.29) is 5.92 Å². The Labute approximate surface area is 138 Å². The number of halogens is 3. The molecule has 2 heterocycles. The minimum absolute atomic E-state index is 0.244. The molecule has 0 atom stereocenters. The molecule has 0 spiro atoms. The van der Waals surface area contributed by atoms with E-state index in [1.54, 1.807) is 0 Å². The fourth-order valence-corrected chi connectivity index (χ4v) is 3.48. The van der Waals surface area contributed by atoms with Crippen LogP contribution < -0.4 is 5.56 Å². The van der Waals surface area contributed by atoms with Crippen LogP contribution in [0, 0.1) is 5.92 Å². The number of likely N-dealkylation sites (tertiary alicyclic amines) is 1. The van der Waals surface area contributed by atoms with E-state index >= 15 is 0 Å². The smallest absolute Gasteiger partial charge is 0.389 e. The molecule has 1 saturated carbocycles. The predicted octanol–water partition coefficient (Wildman–Crippen LogP) is 1.89. The zero-order valence-corrected chi connectivity index (χ0v) is 13.4. The summed E-state index contributed by atoms with van der Waals surface area (Å²) in [5.41, 5.74) is -2.34. The second-order valence-electron chi connectivity index (χ2n) is 7.06. The van der Waals surface area contributed by atoms with Crippen molar-refractivity contribution in [3.05, 3.63) is 28.4 Å². The summed E-state index contributed by atoms with van der Waals surface area (Å²) in [6, 6.07) is 0.557. The summed E-state index contributed by atoms with van der Waals surface area (Å²) in [6.07, 6.45) is 0.933. The molecule has 3 rings (SSSR count). The SMILES string of the molecule is O=c1cc(C(F)(F)F)ncn1CC1CCN(CC2(O)CCC2)CC1. The summed E-state index contributed by atoms with van der Waals surface area (Å²) < 4.78 is 38.9. The Morgan fingerprint density at radius 3 is 2.46 bits per heavy atom. The lowest BCUT2D eigenvalue weighted by Gasteiger charge is -2.42. The van der Waals surface area contributed by atoms with Crippen molar-refractivity contribution >= 4 is 0 Å². The Kier molecular flexibility index (Phi) is 4.70. The monoisotopic (exact) mass is 345 g/mol. The number of nitrogens with zero attached hydrogens (tertiary/aromatic N) is 3. The highest BCUT2D eigenvalue weighted by Gasteiger charge is 2.37. The van der Waals surface area contributed by atoms with E-state index in [4.69, 9.17) is 0 Å². The molecule has 1 aliphatic heterocycles. The first kappa shape index (κ1) is 17.4. The van der Waals surface area contributed by atoms with E-state index in [9.17, 15) is 23.1 Å². The minimum Gasteiger partial charge on any atom is -0.389 e. The van der Waals surface area contributed by atoms with E-state index in [0.29, 0.717) is 19.2 Å². The van der Waals surface area contributed by atoms with Crippen LogP contribution in [0.25, 0.3) is 0 Å². The van der Waals surface area contributed by atoms with Crippen LogP contribution in [0.1, 0.15) is 37.8 Å². The molecule has 24 heavy (non-hydrogen) atoms. The Bertz CT molecular complexity index is 632. The maximum atomic E-state index is 12.5. The second-order valence-corrected chi connectivity index (χ2v) is 7.06. The topological polar surface area (TPSA) is 58.4 Å². The van der Waals surface area contributed by atoms with E-state index in [2.05, 4.69) is 9.88 Å². The van der Waals surface area contributed by atoms with Gasteiger partial charge in [0.25, 0.3) is 5.56 Å². The van der Waals surface area contributed by atoms with Gasteiger partial charge in [0.1, 0.15) is 0 Å². The van der Waals surface area contributed by atoms with Crippen LogP contribution >= 0.6 is 0 Å². The summed E-state index contributed by atoms with van der Waals surface area (Å²) in [4.78, 5) is 17.4. The van der Waals surface area contributed by atoms with Crippen LogP contribution in [0.3, 0.4) is 0 Å². The molecule has 2 fully saturated rings. The Morgan fingerprint density at radius 1 is 1.29 bits per heavy atom. The number of β-amino-alcohol motifs (C(OH)–C–C–N with tert-alkyl or cyclic N) is 1. The van der Waals surface area contributed by atoms with Gasteiger partial charge >= 0.3 is 6.18 Å². The third kappa shape index (κ3) is 3.97. The van der Waals surface area contributed by atoms with E-state index in [0.717, 1.165) is 51.5 Å². The van der Waals surface area contributed by atoms with Gasteiger partial charge in [-0.3, -0.25) is 9.36 Å². The second kappa shape index (κ2) is 6.48.